The van der Waals surface area contributed by atoms with Crippen molar-refractivity contribution in [1.29, 1.82) is 0 Å². The third kappa shape index (κ3) is 6.66. The molecule has 11 nitrogen and oxygen atoms in total. The molecular formula is C31H40N6O5S. The van der Waals surface area contributed by atoms with E-state index in [4.69, 9.17) is 9.15 Å². The van der Waals surface area contributed by atoms with Gasteiger partial charge in [0.1, 0.15) is 5.82 Å². The van der Waals surface area contributed by atoms with Crippen LogP contribution in [-0.4, -0.2) is 79.5 Å². The topological polar surface area (TPSA) is 134 Å². The number of aromatic nitrogens is 3. The Balaban J connectivity index is 1.22. The first kappa shape index (κ1) is 28.5. The summed E-state index contributed by atoms with van der Waals surface area (Å²) in [6.07, 6.45) is 8.76. The highest BCUT2D eigenvalue weighted by Gasteiger charge is 2.30. The number of pyridine rings is 1. The number of ether oxygens (including phenoxy) is 1. The van der Waals surface area contributed by atoms with Crippen molar-refractivity contribution in [2.45, 2.75) is 63.6 Å². The summed E-state index contributed by atoms with van der Waals surface area (Å²) < 4.78 is 40.9. The zero-order valence-corrected chi connectivity index (χ0v) is 25.2. The number of piperidine rings is 2. The van der Waals surface area contributed by atoms with Crippen molar-refractivity contribution < 1.29 is 22.7 Å². The number of rotatable bonds is 4. The molecule has 230 valence electrons. The molecule has 43 heavy (non-hydrogen) atoms. The van der Waals surface area contributed by atoms with E-state index in [1.54, 1.807) is 12.3 Å². The minimum atomic E-state index is -3.43. The molecule has 2 atom stereocenters. The van der Waals surface area contributed by atoms with Crippen molar-refractivity contribution in [2.75, 3.05) is 53.1 Å². The first-order valence-corrected chi connectivity index (χ1v) is 17.3. The maximum Gasteiger partial charge on any atom is 0.250 e. The number of benzene rings is 1. The van der Waals surface area contributed by atoms with Crippen LogP contribution in [0.4, 0.5) is 17.2 Å². The highest BCUT2D eigenvalue weighted by molar-refractivity contribution is 7.92. The summed E-state index contributed by atoms with van der Waals surface area (Å²) in [5.74, 6) is 2.22. The molecule has 8 bridgehead atoms. The van der Waals surface area contributed by atoms with E-state index in [0.29, 0.717) is 24.1 Å². The number of aliphatic hydroxyl groups is 1. The molecule has 3 fully saturated rings. The average molecular weight is 609 g/mol. The number of anilines is 3. The van der Waals surface area contributed by atoms with Gasteiger partial charge in [-0.05, 0) is 87.6 Å². The molecule has 2 unspecified atom stereocenters. The fourth-order valence-corrected chi connectivity index (χ4v) is 8.12. The Hall–Kier alpha value is -3.22. The van der Waals surface area contributed by atoms with Gasteiger partial charge >= 0.3 is 0 Å². The largest absolute Gasteiger partial charge is 0.416 e. The van der Waals surface area contributed by atoms with Crippen molar-refractivity contribution in [3.05, 3.63) is 36.5 Å². The summed E-state index contributed by atoms with van der Waals surface area (Å²) in [4.78, 5) is 9.11. The van der Waals surface area contributed by atoms with Crippen LogP contribution in [0.1, 0.15) is 51.4 Å². The lowest BCUT2D eigenvalue weighted by Gasteiger charge is -2.36. The molecule has 8 rings (SSSR count). The lowest BCUT2D eigenvalue weighted by molar-refractivity contribution is 0.0224. The lowest BCUT2D eigenvalue weighted by atomic mass is 9.90. The monoisotopic (exact) mass is 608 g/mol. The molecule has 4 aliphatic heterocycles. The number of hydrogen-bond donors (Lipinski definition) is 2. The number of hydrogen-bond acceptors (Lipinski definition) is 10. The molecule has 0 amide bonds. The van der Waals surface area contributed by atoms with E-state index in [9.17, 15) is 13.5 Å². The van der Waals surface area contributed by atoms with Crippen LogP contribution in [0.2, 0.25) is 0 Å². The third-order valence-electron chi connectivity index (χ3n) is 9.18. The molecule has 2 saturated heterocycles. The fraction of sp³-hybridized carbons (Fsp3) is 0.581. The lowest BCUT2D eigenvalue weighted by Crippen LogP contribution is -2.41. The molecule has 2 N–H and O–H groups in total. The maximum absolute atomic E-state index is 12.8. The smallest absolute Gasteiger partial charge is 0.250 e. The van der Waals surface area contributed by atoms with Crippen LogP contribution < -0.4 is 14.5 Å². The van der Waals surface area contributed by atoms with Gasteiger partial charge in [-0.2, -0.15) is 0 Å². The van der Waals surface area contributed by atoms with Crippen LogP contribution in [0.5, 0.6) is 0 Å². The summed E-state index contributed by atoms with van der Waals surface area (Å²) >= 11 is 0. The summed E-state index contributed by atoms with van der Waals surface area (Å²) in [6.45, 7) is 3.79. The van der Waals surface area contributed by atoms with Gasteiger partial charge in [-0.3, -0.25) is 4.72 Å². The van der Waals surface area contributed by atoms with Crippen LogP contribution in [0, 0.1) is 11.8 Å². The Morgan fingerprint density at radius 3 is 2.60 bits per heavy atom. The molecule has 0 spiro atoms. The first-order chi connectivity index (χ1) is 20.9. The second kappa shape index (κ2) is 12.0. The molecular weight excluding hydrogens is 568 g/mol. The number of nitrogens with one attached hydrogen (secondary N) is 1. The highest BCUT2D eigenvalue weighted by Crippen LogP contribution is 2.37. The normalized spacial score (nSPS) is 24.8. The van der Waals surface area contributed by atoms with Crippen LogP contribution in [0.15, 0.2) is 40.9 Å². The zero-order chi connectivity index (χ0) is 29.4. The van der Waals surface area contributed by atoms with Crippen molar-refractivity contribution in [3.63, 3.8) is 0 Å². The quantitative estimate of drug-likeness (QED) is 0.441. The average Bonchev–Trinajstić information content (AvgIpc) is 3.68. The summed E-state index contributed by atoms with van der Waals surface area (Å²) in [6, 6.07) is 9.37. The van der Waals surface area contributed by atoms with E-state index in [1.807, 2.05) is 24.3 Å². The molecule has 6 heterocycles. The number of fused-ring (bicyclic) bond motifs is 6. The maximum atomic E-state index is 12.8. The predicted molar refractivity (Wildman–Crippen MR) is 164 cm³/mol. The van der Waals surface area contributed by atoms with Gasteiger partial charge in [0.05, 0.1) is 34.9 Å². The summed E-state index contributed by atoms with van der Waals surface area (Å²) in [7, 11) is -3.43. The Labute approximate surface area is 252 Å². The van der Waals surface area contributed by atoms with Crippen molar-refractivity contribution >= 4 is 27.2 Å². The SMILES string of the molecule is O=S(=O)(CC1CC1)Nc1ccc2c(c1)N1CCC(CC1)OCCCC(O)C1CCCN(C1)c1cc(ccn1)-c1nnc-2o1. The Morgan fingerprint density at radius 1 is 0.930 bits per heavy atom. The molecule has 5 aliphatic rings. The Kier molecular flexibility index (Phi) is 8.00. The van der Waals surface area contributed by atoms with Crippen molar-refractivity contribution in [3.8, 4) is 22.9 Å². The van der Waals surface area contributed by atoms with Gasteiger partial charge < -0.3 is 24.1 Å². The van der Waals surface area contributed by atoms with E-state index in [2.05, 4.69) is 29.7 Å². The van der Waals surface area contributed by atoms with Crippen molar-refractivity contribution in [2.24, 2.45) is 11.8 Å². The fourth-order valence-electron chi connectivity index (χ4n) is 6.60. The van der Waals surface area contributed by atoms with E-state index < -0.39 is 10.0 Å². The second-order valence-corrected chi connectivity index (χ2v) is 14.3. The van der Waals surface area contributed by atoms with Gasteiger partial charge in [-0.1, -0.05) is 0 Å². The van der Waals surface area contributed by atoms with Crippen LogP contribution >= 0.6 is 0 Å². The first-order valence-electron chi connectivity index (χ1n) is 15.6. The minimum absolute atomic E-state index is 0.152. The summed E-state index contributed by atoms with van der Waals surface area (Å²) in [5, 5.41) is 19.8. The second-order valence-electron chi connectivity index (χ2n) is 12.5. The van der Waals surface area contributed by atoms with Crippen LogP contribution in [-0.2, 0) is 14.8 Å². The van der Waals surface area contributed by atoms with E-state index in [0.717, 1.165) is 100 Å². The molecule has 12 heteroatoms. The van der Waals surface area contributed by atoms with Gasteiger partial charge in [-0.15, -0.1) is 10.2 Å². The zero-order valence-electron chi connectivity index (χ0n) is 24.4. The Morgan fingerprint density at radius 2 is 1.77 bits per heavy atom. The predicted octanol–water partition coefficient (Wildman–Crippen LogP) is 4.31. The van der Waals surface area contributed by atoms with Gasteiger partial charge in [0, 0.05) is 50.5 Å². The number of sulfonamides is 1. The number of nitrogens with zero attached hydrogens (tertiary/aromatic N) is 5. The third-order valence-corrected chi connectivity index (χ3v) is 10.6. The molecule has 1 aliphatic carbocycles. The Bertz CT molecular complexity index is 1530. The standard InChI is InChI=1S/C31H40N6O5S/c38-28-4-2-16-41-25-10-14-36(15-11-25)27-18-24(35-43(39,40)20-21-5-6-21)7-8-26(27)31-34-33-30(42-31)22-9-12-32-29(17-22)37-13-1-3-23(28)19-37/h7-9,12,17-18,21,23,25,28,35,38H,1-6,10-11,13-16,19-20H2. The van der Waals surface area contributed by atoms with Gasteiger partial charge in [-0.25, -0.2) is 13.4 Å². The molecule has 2 aromatic heterocycles. The highest BCUT2D eigenvalue weighted by atomic mass is 32.2. The molecule has 1 saturated carbocycles. The van der Waals surface area contributed by atoms with Crippen LogP contribution in [0.25, 0.3) is 22.9 Å². The van der Waals surface area contributed by atoms with Crippen molar-refractivity contribution in [1.82, 2.24) is 15.2 Å². The summed E-state index contributed by atoms with van der Waals surface area (Å²) in [5.41, 5.74) is 2.93. The molecule has 0 radical (unpaired) electrons. The molecule has 3 aromatic rings. The minimum Gasteiger partial charge on any atom is -0.416 e. The number of aliphatic hydroxyl groups excluding tert-OH is 1. The van der Waals surface area contributed by atoms with Gasteiger partial charge in [0.15, 0.2) is 0 Å². The van der Waals surface area contributed by atoms with E-state index >= 15 is 0 Å². The van der Waals surface area contributed by atoms with Gasteiger partial charge in [0.2, 0.25) is 21.8 Å². The van der Waals surface area contributed by atoms with E-state index in [-0.39, 0.29) is 29.8 Å². The van der Waals surface area contributed by atoms with Gasteiger partial charge in [0.25, 0.3) is 0 Å². The van der Waals surface area contributed by atoms with Crippen LogP contribution in [0.3, 0.4) is 0 Å². The molecule has 1 aromatic carbocycles. The van der Waals surface area contributed by atoms with E-state index in [1.165, 1.54) is 0 Å².